The zero-order valence-electron chi connectivity index (χ0n) is 4.65. The van der Waals surface area contributed by atoms with Crippen molar-refractivity contribution in [2.75, 3.05) is 0 Å². The molecule has 0 bridgehead atoms. The fraction of sp³-hybridized carbons (Fsp3) is 0. The lowest BCUT2D eigenvalue weighted by molar-refractivity contribution is 0.375. The molecule has 0 aromatic carbocycles. The standard InChI is InChI=1S/C5H5N4/c1-2-4-9-5(3-1)6-7-8-9/h1-4,8H. The summed E-state index contributed by atoms with van der Waals surface area (Å²) < 4.78 is 0. The molecule has 0 saturated carbocycles. The zero-order valence-corrected chi connectivity index (χ0v) is 4.65. The first kappa shape index (κ1) is 4.58. The van der Waals surface area contributed by atoms with Crippen LogP contribution < -0.4 is 11.1 Å². The third-order valence-corrected chi connectivity index (χ3v) is 1.14. The van der Waals surface area contributed by atoms with Gasteiger partial charge >= 0.3 is 0 Å². The smallest absolute Gasteiger partial charge is 0.172 e. The van der Waals surface area contributed by atoms with E-state index < -0.39 is 0 Å². The van der Waals surface area contributed by atoms with Crippen molar-refractivity contribution >= 4 is 5.84 Å². The molecule has 0 aromatic heterocycles. The van der Waals surface area contributed by atoms with Gasteiger partial charge in [-0.15, -0.1) is 5.10 Å². The largest absolute Gasteiger partial charge is 0.244 e. The maximum Gasteiger partial charge on any atom is 0.172 e. The number of allylic oxidation sites excluding steroid dienone is 2. The lowest BCUT2D eigenvalue weighted by atomic mass is 10.4. The van der Waals surface area contributed by atoms with Gasteiger partial charge in [-0.25, -0.2) is 5.01 Å². The minimum Gasteiger partial charge on any atom is -0.244 e. The molecule has 0 amide bonds. The van der Waals surface area contributed by atoms with E-state index in [9.17, 15) is 0 Å². The van der Waals surface area contributed by atoms with Crippen LogP contribution in [0.4, 0.5) is 0 Å². The molecule has 0 fully saturated rings. The number of nitrogens with one attached hydrogen (secondary N) is 1. The van der Waals surface area contributed by atoms with Crippen LogP contribution in [0.2, 0.25) is 0 Å². The predicted octanol–water partition coefficient (Wildman–Crippen LogP) is -0.277. The molecule has 1 N–H and O–H groups in total. The van der Waals surface area contributed by atoms with Gasteiger partial charge in [0, 0.05) is 6.20 Å². The van der Waals surface area contributed by atoms with Gasteiger partial charge in [0.15, 0.2) is 5.84 Å². The van der Waals surface area contributed by atoms with Gasteiger partial charge in [0.2, 0.25) is 0 Å². The predicted molar refractivity (Wildman–Crippen MR) is 32.8 cm³/mol. The van der Waals surface area contributed by atoms with Crippen molar-refractivity contribution in [2.45, 2.75) is 0 Å². The van der Waals surface area contributed by atoms with Crippen LogP contribution in [0.3, 0.4) is 0 Å². The van der Waals surface area contributed by atoms with Crippen LogP contribution in [-0.2, 0) is 0 Å². The van der Waals surface area contributed by atoms with E-state index >= 15 is 0 Å². The first-order chi connectivity index (χ1) is 4.47. The SMILES string of the molecule is C1=CC2=N[N]NN2C=C1. The fourth-order valence-corrected chi connectivity index (χ4v) is 0.722. The van der Waals surface area contributed by atoms with Crippen LogP contribution >= 0.6 is 0 Å². The number of hydrogen-bond donors (Lipinski definition) is 1. The van der Waals surface area contributed by atoms with E-state index in [1.165, 1.54) is 0 Å². The number of fused-ring (bicyclic) bond motifs is 1. The van der Waals surface area contributed by atoms with Crippen molar-refractivity contribution < 1.29 is 0 Å². The van der Waals surface area contributed by atoms with Crippen LogP contribution in [-0.4, -0.2) is 10.8 Å². The van der Waals surface area contributed by atoms with Gasteiger partial charge in [0.1, 0.15) is 0 Å². The Morgan fingerprint density at radius 1 is 1.44 bits per heavy atom. The first-order valence-electron chi connectivity index (χ1n) is 2.64. The van der Waals surface area contributed by atoms with E-state index in [1.54, 1.807) is 5.01 Å². The quantitative estimate of drug-likeness (QED) is 0.479. The summed E-state index contributed by atoms with van der Waals surface area (Å²) in [5.74, 6) is 0.831. The lowest BCUT2D eigenvalue weighted by Gasteiger charge is -2.11. The average Bonchev–Trinajstić information content (AvgIpc) is 2.33. The van der Waals surface area contributed by atoms with Crippen molar-refractivity contribution in [3.05, 3.63) is 24.4 Å². The molecule has 0 spiro atoms. The van der Waals surface area contributed by atoms with Gasteiger partial charge in [-0.05, 0) is 12.2 Å². The highest BCUT2D eigenvalue weighted by molar-refractivity contribution is 5.94. The van der Waals surface area contributed by atoms with Gasteiger partial charge in [0.05, 0.1) is 0 Å². The summed E-state index contributed by atoms with van der Waals surface area (Å²) >= 11 is 0. The lowest BCUT2D eigenvalue weighted by Crippen LogP contribution is -2.33. The first-order valence-corrected chi connectivity index (χ1v) is 2.64. The van der Waals surface area contributed by atoms with Gasteiger partial charge in [0.25, 0.3) is 0 Å². The van der Waals surface area contributed by atoms with Gasteiger partial charge in [-0.1, -0.05) is 17.1 Å². The van der Waals surface area contributed by atoms with Crippen molar-refractivity contribution in [3.63, 3.8) is 0 Å². The van der Waals surface area contributed by atoms with Crippen LogP contribution in [0.25, 0.3) is 0 Å². The molecule has 45 valence electrons. The van der Waals surface area contributed by atoms with Gasteiger partial charge < -0.3 is 0 Å². The van der Waals surface area contributed by atoms with Crippen LogP contribution in [0.15, 0.2) is 29.5 Å². The average molecular weight is 121 g/mol. The Bertz CT molecular complexity index is 200. The van der Waals surface area contributed by atoms with E-state index in [4.69, 9.17) is 0 Å². The summed E-state index contributed by atoms with van der Waals surface area (Å²) in [6.45, 7) is 0. The van der Waals surface area contributed by atoms with Gasteiger partial charge in [-0.2, -0.15) is 0 Å². The Morgan fingerprint density at radius 2 is 2.44 bits per heavy atom. The molecule has 4 nitrogen and oxygen atoms in total. The maximum atomic E-state index is 3.78. The highest BCUT2D eigenvalue weighted by Crippen LogP contribution is 2.01. The molecular formula is C5H5N4. The Labute approximate surface area is 52.5 Å². The second-order valence-corrected chi connectivity index (χ2v) is 1.73. The monoisotopic (exact) mass is 121 g/mol. The van der Waals surface area contributed by atoms with Gasteiger partial charge in [-0.3, -0.25) is 0 Å². The molecule has 1 radical (unpaired) electrons. The summed E-state index contributed by atoms with van der Waals surface area (Å²) in [6.07, 6.45) is 7.56. The molecule has 2 aliphatic rings. The van der Waals surface area contributed by atoms with E-state index in [-0.39, 0.29) is 0 Å². The molecule has 4 heteroatoms. The third-order valence-electron chi connectivity index (χ3n) is 1.14. The summed E-state index contributed by atoms with van der Waals surface area (Å²) in [7, 11) is 0. The van der Waals surface area contributed by atoms with E-state index in [1.807, 2.05) is 24.4 Å². The van der Waals surface area contributed by atoms with Crippen molar-refractivity contribution in [3.8, 4) is 0 Å². The molecule has 0 saturated heterocycles. The Kier molecular flexibility index (Phi) is 0.811. The highest BCUT2D eigenvalue weighted by atomic mass is 15.8. The maximum absolute atomic E-state index is 3.78. The minimum absolute atomic E-state index is 0.831. The number of hydrazine groups is 1. The van der Waals surface area contributed by atoms with Crippen molar-refractivity contribution in [1.82, 2.24) is 16.1 Å². The summed E-state index contributed by atoms with van der Waals surface area (Å²) in [4.78, 5) is 0. The number of amidine groups is 1. The highest BCUT2D eigenvalue weighted by Gasteiger charge is 2.13. The molecule has 2 heterocycles. The molecule has 0 aromatic rings. The number of rotatable bonds is 0. The summed E-state index contributed by atoms with van der Waals surface area (Å²) in [5, 5.41) is 5.51. The Morgan fingerprint density at radius 3 is 3.33 bits per heavy atom. The molecular weight excluding hydrogens is 116 g/mol. The molecule has 2 aliphatic heterocycles. The Balaban J connectivity index is 2.33. The van der Waals surface area contributed by atoms with Crippen LogP contribution in [0.5, 0.6) is 0 Å². The fourth-order valence-electron chi connectivity index (χ4n) is 0.722. The number of nitrogens with zero attached hydrogens (tertiary/aromatic N) is 3. The van der Waals surface area contributed by atoms with Crippen molar-refractivity contribution in [1.29, 1.82) is 0 Å². The topological polar surface area (TPSA) is 41.7 Å². The summed E-state index contributed by atoms with van der Waals surface area (Å²) in [5.41, 5.74) is 6.26. The third kappa shape index (κ3) is 0.603. The molecule has 0 atom stereocenters. The molecule has 2 rings (SSSR count). The van der Waals surface area contributed by atoms with Crippen LogP contribution in [0, 0.1) is 0 Å². The molecule has 0 aliphatic carbocycles. The van der Waals surface area contributed by atoms with E-state index in [0.717, 1.165) is 5.84 Å². The summed E-state index contributed by atoms with van der Waals surface area (Å²) in [6, 6.07) is 0. The molecule has 9 heavy (non-hydrogen) atoms. The minimum atomic E-state index is 0.831. The second kappa shape index (κ2) is 1.60. The number of hydrogen-bond acceptors (Lipinski definition) is 3. The zero-order chi connectivity index (χ0) is 6.10. The molecule has 0 unspecified atom stereocenters. The Hall–Kier alpha value is -1.29. The van der Waals surface area contributed by atoms with Crippen LogP contribution in [0.1, 0.15) is 0 Å². The normalized spacial score (nSPS) is 21.3. The second-order valence-electron chi connectivity index (χ2n) is 1.73. The van der Waals surface area contributed by atoms with E-state index in [2.05, 4.69) is 16.2 Å². The van der Waals surface area contributed by atoms with E-state index in [0.29, 0.717) is 0 Å². The van der Waals surface area contributed by atoms with Crippen molar-refractivity contribution in [2.24, 2.45) is 5.10 Å².